The van der Waals surface area contributed by atoms with Gasteiger partial charge in [-0.2, -0.15) is 5.10 Å². The lowest BCUT2D eigenvalue weighted by Crippen LogP contribution is -2.17. The number of aryl methyl sites for hydroxylation is 1. The zero-order chi connectivity index (χ0) is 20.1. The van der Waals surface area contributed by atoms with Gasteiger partial charge in [0.25, 0.3) is 5.91 Å². The summed E-state index contributed by atoms with van der Waals surface area (Å²) in [5.74, 6) is -0.507. The number of pyridine rings is 1. The Labute approximate surface area is 172 Å². The van der Waals surface area contributed by atoms with Crippen molar-refractivity contribution < 1.29 is 10.0 Å². The number of nitrogens with zero attached hydrogens (tertiary/aromatic N) is 3. The molecule has 0 spiro atoms. The topological polar surface area (TPSA) is 92.1 Å². The molecular weight excluding hydrogens is 386 g/mol. The highest BCUT2D eigenvalue weighted by Gasteiger charge is 2.11. The monoisotopic (exact) mass is 407 g/mol. The highest BCUT2D eigenvalue weighted by molar-refractivity contribution is 7.17. The number of nitrogens with one attached hydrogen (secondary N) is 2. The van der Waals surface area contributed by atoms with Gasteiger partial charge in [-0.25, -0.2) is 5.48 Å². The van der Waals surface area contributed by atoms with Crippen LogP contribution in [0.15, 0.2) is 60.8 Å². The van der Waals surface area contributed by atoms with E-state index >= 15 is 0 Å². The van der Waals surface area contributed by atoms with Crippen LogP contribution in [0.3, 0.4) is 0 Å². The van der Waals surface area contributed by atoms with E-state index in [1.165, 1.54) is 11.3 Å². The van der Waals surface area contributed by atoms with Gasteiger partial charge in [-0.1, -0.05) is 24.3 Å². The van der Waals surface area contributed by atoms with E-state index < -0.39 is 5.91 Å². The summed E-state index contributed by atoms with van der Waals surface area (Å²) in [6.07, 6.45) is 2.88. The predicted octanol–water partition coefficient (Wildman–Crippen LogP) is 3.46. The van der Waals surface area contributed by atoms with Gasteiger partial charge in [0.15, 0.2) is 0 Å². The molecule has 8 heteroatoms. The standard InChI is InChI=1S/C21H21N5O2S/c27-21(25-28)20-9-8-19(29-20)18-10-13-26(24-18)12-3-11-22-14-16-7-6-15-4-1-2-5-17(15)23-16/h1-2,4-10,13,22,28H,3,11-12,14H2,(H,25,27). The number of thiophene rings is 1. The molecule has 0 atom stereocenters. The molecule has 0 radical (unpaired) electrons. The summed E-state index contributed by atoms with van der Waals surface area (Å²) >= 11 is 1.30. The maximum atomic E-state index is 11.4. The van der Waals surface area contributed by atoms with E-state index in [9.17, 15) is 4.79 Å². The average Bonchev–Trinajstić information content (AvgIpc) is 3.42. The summed E-state index contributed by atoms with van der Waals surface area (Å²) in [6.45, 7) is 2.40. The summed E-state index contributed by atoms with van der Waals surface area (Å²) in [7, 11) is 0. The van der Waals surface area contributed by atoms with E-state index in [0.29, 0.717) is 4.88 Å². The molecule has 0 unspecified atom stereocenters. The van der Waals surface area contributed by atoms with Crippen LogP contribution in [0.2, 0.25) is 0 Å². The van der Waals surface area contributed by atoms with Crippen molar-refractivity contribution in [1.82, 2.24) is 25.6 Å². The molecule has 0 aliphatic rings. The Morgan fingerprint density at radius 2 is 2.00 bits per heavy atom. The lowest BCUT2D eigenvalue weighted by atomic mass is 10.2. The third-order valence-corrected chi connectivity index (χ3v) is 5.63. The van der Waals surface area contributed by atoms with E-state index in [4.69, 9.17) is 5.21 Å². The Balaban J connectivity index is 1.25. The first-order valence-corrected chi connectivity index (χ1v) is 10.2. The van der Waals surface area contributed by atoms with Crippen molar-refractivity contribution in [3.8, 4) is 10.6 Å². The Hall–Kier alpha value is -3.07. The second-order valence-electron chi connectivity index (χ2n) is 6.59. The third-order valence-electron chi connectivity index (χ3n) is 4.53. The quantitative estimate of drug-likeness (QED) is 0.236. The second-order valence-corrected chi connectivity index (χ2v) is 7.68. The van der Waals surface area contributed by atoms with Gasteiger partial charge in [0.2, 0.25) is 0 Å². The fourth-order valence-corrected chi connectivity index (χ4v) is 3.92. The van der Waals surface area contributed by atoms with Gasteiger partial charge >= 0.3 is 0 Å². The molecule has 4 rings (SSSR count). The molecule has 0 aliphatic heterocycles. The minimum absolute atomic E-state index is 0.448. The van der Waals surface area contributed by atoms with Crippen LogP contribution in [-0.4, -0.2) is 32.4 Å². The van der Waals surface area contributed by atoms with Gasteiger partial charge < -0.3 is 5.32 Å². The summed E-state index contributed by atoms with van der Waals surface area (Å²) in [6, 6.07) is 17.7. The molecule has 7 nitrogen and oxygen atoms in total. The molecule has 1 aromatic carbocycles. The molecule has 3 N–H and O–H groups in total. The first-order chi connectivity index (χ1) is 14.2. The Bertz CT molecular complexity index is 1120. The number of carbonyl (C=O) groups excluding carboxylic acids is 1. The van der Waals surface area contributed by atoms with Crippen molar-refractivity contribution >= 4 is 28.1 Å². The predicted molar refractivity (Wildman–Crippen MR) is 113 cm³/mol. The van der Waals surface area contributed by atoms with Gasteiger partial charge in [-0.15, -0.1) is 11.3 Å². The van der Waals surface area contributed by atoms with Crippen molar-refractivity contribution in [2.75, 3.05) is 6.54 Å². The van der Waals surface area contributed by atoms with Crippen molar-refractivity contribution in [2.24, 2.45) is 0 Å². The number of hydroxylamine groups is 1. The fourth-order valence-electron chi connectivity index (χ4n) is 3.06. The number of carbonyl (C=O) groups is 1. The zero-order valence-electron chi connectivity index (χ0n) is 15.7. The zero-order valence-corrected chi connectivity index (χ0v) is 16.5. The van der Waals surface area contributed by atoms with Crippen LogP contribution in [0.1, 0.15) is 21.8 Å². The molecular formula is C21H21N5O2S. The number of para-hydroxylation sites is 1. The highest BCUT2D eigenvalue weighted by Crippen LogP contribution is 2.26. The molecule has 148 valence electrons. The van der Waals surface area contributed by atoms with Crippen LogP contribution in [-0.2, 0) is 13.1 Å². The largest absolute Gasteiger partial charge is 0.311 e. The number of benzene rings is 1. The van der Waals surface area contributed by atoms with Gasteiger partial charge in [0, 0.05) is 24.7 Å². The van der Waals surface area contributed by atoms with E-state index in [0.717, 1.165) is 53.2 Å². The lowest BCUT2D eigenvalue weighted by Gasteiger charge is -2.06. The molecule has 0 saturated heterocycles. The molecule has 0 fully saturated rings. The summed E-state index contributed by atoms with van der Waals surface area (Å²) in [5.41, 5.74) is 4.52. The Morgan fingerprint density at radius 1 is 1.10 bits per heavy atom. The van der Waals surface area contributed by atoms with Crippen LogP contribution < -0.4 is 10.8 Å². The number of hydrogen-bond acceptors (Lipinski definition) is 6. The number of aromatic nitrogens is 3. The van der Waals surface area contributed by atoms with Gasteiger partial charge in [0.1, 0.15) is 5.69 Å². The molecule has 3 heterocycles. The minimum Gasteiger partial charge on any atom is -0.311 e. The molecule has 0 saturated carbocycles. The maximum Gasteiger partial charge on any atom is 0.284 e. The number of rotatable bonds is 8. The minimum atomic E-state index is -0.507. The normalized spacial score (nSPS) is 11.1. The molecule has 0 bridgehead atoms. The third kappa shape index (κ3) is 4.68. The van der Waals surface area contributed by atoms with Crippen molar-refractivity contribution in [2.45, 2.75) is 19.5 Å². The molecule has 29 heavy (non-hydrogen) atoms. The van der Waals surface area contributed by atoms with Crippen LogP contribution in [0.5, 0.6) is 0 Å². The Morgan fingerprint density at radius 3 is 2.90 bits per heavy atom. The van der Waals surface area contributed by atoms with Crippen molar-refractivity contribution in [1.29, 1.82) is 0 Å². The van der Waals surface area contributed by atoms with E-state index in [1.807, 2.05) is 41.2 Å². The van der Waals surface area contributed by atoms with E-state index in [1.54, 1.807) is 11.5 Å². The smallest absolute Gasteiger partial charge is 0.284 e. The number of amides is 1. The first kappa shape index (κ1) is 19.3. The van der Waals surface area contributed by atoms with E-state index in [2.05, 4.69) is 33.6 Å². The first-order valence-electron chi connectivity index (χ1n) is 9.36. The summed E-state index contributed by atoms with van der Waals surface area (Å²) in [5, 5.41) is 17.9. The van der Waals surface area contributed by atoms with Crippen LogP contribution in [0, 0.1) is 0 Å². The van der Waals surface area contributed by atoms with Crippen molar-refractivity contribution in [3.63, 3.8) is 0 Å². The van der Waals surface area contributed by atoms with Gasteiger partial charge in [0.05, 0.1) is 21.0 Å². The second kappa shape index (κ2) is 8.95. The van der Waals surface area contributed by atoms with Crippen LogP contribution in [0.25, 0.3) is 21.5 Å². The molecule has 1 amide bonds. The molecule has 4 aromatic rings. The van der Waals surface area contributed by atoms with E-state index in [-0.39, 0.29) is 0 Å². The number of fused-ring (bicyclic) bond motifs is 1. The van der Waals surface area contributed by atoms with Gasteiger partial charge in [-0.3, -0.25) is 19.7 Å². The number of hydrogen-bond donors (Lipinski definition) is 3. The van der Waals surface area contributed by atoms with Crippen molar-refractivity contribution in [3.05, 3.63) is 71.4 Å². The Kier molecular flexibility index (Phi) is 5.95. The molecule has 3 aromatic heterocycles. The maximum absolute atomic E-state index is 11.4. The van der Waals surface area contributed by atoms with Crippen LogP contribution >= 0.6 is 11.3 Å². The summed E-state index contributed by atoms with van der Waals surface area (Å²) < 4.78 is 1.90. The average molecular weight is 407 g/mol. The molecule has 0 aliphatic carbocycles. The fraction of sp³-hybridized carbons (Fsp3) is 0.190. The van der Waals surface area contributed by atoms with Crippen LogP contribution in [0.4, 0.5) is 0 Å². The van der Waals surface area contributed by atoms with Gasteiger partial charge in [-0.05, 0) is 43.3 Å². The lowest BCUT2D eigenvalue weighted by molar-refractivity contribution is 0.0711. The summed E-state index contributed by atoms with van der Waals surface area (Å²) in [4.78, 5) is 17.5. The SMILES string of the molecule is O=C(NO)c1ccc(-c2ccn(CCCNCc3ccc4ccccc4n3)n2)s1. The highest BCUT2D eigenvalue weighted by atomic mass is 32.1.